The molecule has 2 nitrogen and oxygen atoms in total. The van der Waals surface area contributed by atoms with Crippen LogP contribution in [-0.4, -0.2) is 19.3 Å². The molecule has 19 heavy (non-hydrogen) atoms. The van der Waals surface area contributed by atoms with Crippen molar-refractivity contribution in [3.05, 3.63) is 34.1 Å². The van der Waals surface area contributed by atoms with Crippen LogP contribution in [0.3, 0.4) is 0 Å². The zero-order valence-electron chi connectivity index (χ0n) is 11.8. The first-order chi connectivity index (χ1) is 8.86. The summed E-state index contributed by atoms with van der Waals surface area (Å²) in [6.45, 7) is 6.54. The Morgan fingerprint density at radius 1 is 1.47 bits per heavy atom. The number of ether oxygens (including phenoxy) is 1. The van der Waals surface area contributed by atoms with Gasteiger partial charge >= 0.3 is 0 Å². The zero-order chi connectivity index (χ0) is 14.2. The third-order valence-corrected chi connectivity index (χ3v) is 4.96. The zero-order valence-corrected chi connectivity index (χ0v) is 13.4. The number of hydrogen-bond acceptors (Lipinski definition) is 2. The van der Waals surface area contributed by atoms with Crippen LogP contribution in [0.15, 0.2) is 22.7 Å². The highest BCUT2D eigenvalue weighted by Gasteiger charge is 2.48. The molecule has 1 aromatic carbocycles. The summed E-state index contributed by atoms with van der Waals surface area (Å²) in [5.41, 5.74) is 1.23. The highest BCUT2D eigenvalue weighted by molar-refractivity contribution is 9.10. The molecule has 0 aliphatic heterocycles. The van der Waals surface area contributed by atoms with Crippen molar-refractivity contribution in [2.24, 2.45) is 5.41 Å². The fourth-order valence-corrected chi connectivity index (χ4v) is 3.14. The summed E-state index contributed by atoms with van der Waals surface area (Å²) >= 11 is 3.23. The van der Waals surface area contributed by atoms with Crippen LogP contribution in [0, 0.1) is 11.2 Å². The number of halogens is 2. The average Bonchev–Trinajstić information content (AvgIpc) is 2.36. The van der Waals surface area contributed by atoms with Gasteiger partial charge in [0.15, 0.2) is 0 Å². The molecule has 1 aromatic rings. The summed E-state index contributed by atoms with van der Waals surface area (Å²) in [5.74, 6) is -0.223. The maximum atomic E-state index is 13.2. The van der Waals surface area contributed by atoms with Crippen LogP contribution in [0.5, 0.6) is 0 Å². The molecule has 1 N–H and O–H groups in total. The third kappa shape index (κ3) is 2.86. The summed E-state index contributed by atoms with van der Waals surface area (Å²) < 4.78 is 19.2. The molecular weight excluding hydrogens is 309 g/mol. The highest BCUT2D eigenvalue weighted by Crippen LogP contribution is 2.43. The van der Waals surface area contributed by atoms with E-state index in [9.17, 15) is 4.39 Å². The van der Waals surface area contributed by atoms with Crippen LogP contribution < -0.4 is 5.32 Å². The minimum absolute atomic E-state index is 0.139. The second kappa shape index (κ2) is 5.51. The van der Waals surface area contributed by atoms with Crippen molar-refractivity contribution in [2.45, 2.75) is 45.4 Å². The van der Waals surface area contributed by atoms with Gasteiger partial charge in [-0.1, -0.05) is 19.9 Å². The van der Waals surface area contributed by atoms with Gasteiger partial charge in [0.05, 0.1) is 10.6 Å². The van der Waals surface area contributed by atoms with E-state index in [0.29, 0.717) is 16.6 Å². The lowest BCUT2D eigenvalue weighted by Gasteiger charge is -2.52. The predicted molar refractivity (Wildman–Crippen MR) is 78.6 cm³/mol. The lowest BCUT2D eigenvalue weighted by Crippen LogP contribution is -2.60. The molecule has 0 bridgehead atoms. The summed E-state index contributed by atoms with van der Waals surface area (Å²) in [5, 5.41) is 3.61. The molecule has 1 fully saturated rings. The molecule has 2 rings (SSSR count). The fourth-order valence-electron chi connectivity index (χ4n) is 2.75. The number of benzene rings is 1. The van der Waals surface area contributed by atoms with Crippen molar-refractivity contribution < 1.29 is 9.13 Å². The molecule has 3 atom stereocenters. The largest absolute Gasteiger partial charge is 0.381 e. The second-order valence-corrected chi connectivity index (χ2v) is 6.75. The van der Waals surface area contributed by atoms with Crippen LogP contribution in [0.1, 0.15) is 38.8 Å². The number of rotatable bonds is 4. The highest BCUT2D eigenvalue weighted by atomic mass is 79.9. The summed E-state index contributed by atoms with van der Waals surface area (Å²) in [6.07, 6.45) is 1.34. The summed E-state index contributed by atoms with van der Waals surface area (Å²) in [4.78, 5) is 0. The van der Waals surface area contributed by atoms with Crippen LogP contribution >= 0.6 is 15.9 Å². The van der Waals surface area contributed by atoms with Gasteiger partial charge in [0.25, 0.3) is 0 Å². The predicted octanol–water partition coefficient (Wildman–Crippen LogP) is 4.05. The van der Waals surface area contributed by atoms with Crippen LogP contribution in [-0.2, 0) is 4.74 Å². The van der Waals surface area contributed by atoms with Gasteiger partial charge in [0.1, 0.15) is 5.82 Å². The Morgan fingerprint density at radius 3 is 2.68 bits per heavy atom. The molecule has 0 radical (unpaired) electrons. The minimum atomic E-state index is -0.223. The van der Waals surface area contributed by atoms with E-state index in [1.165, 1.54) is 6.07 Å². The van der Waals surface area contributed by atoms with Gasteiger partial charge in [0.2, 0.25) is 0 Å². The molecule has 0 heterocycles. The first kappa shape index (κ1) is 14.9. The van der Waals surface area contributed by atoms with E-state index in [1.54, 1.807) is 7.11 Å². The normalized spacial score (nSPS) is 26.8. The molecule has 0 amide bonds. The van der Waals surface area contributed by atoms with Gasteiger partial charge in [0, 0.05) is 24.6 Å². The Labute approximate surface area is 122 Å². The van der Waals surface area contributed by atoms with Gasteiger partial charge in [-0.05, 0) is 47.0 Å². The standard InChI is InChI=1S/C15H21BrFNO/c1-9(10-5-6-12(17)11(16)7-10)18-13-8-14(19-4)15(13,2)3/h5-7,9,13-14,18H,8H2,1-4H3. The first-order valence-electron chi connectivity index (χ1n) is 6.60. The van der Waals surface area contributed by atoms with Gasteiger partial charge in [-0.3, -0.25) is 0 Å². The third-order valence-electron chi connectivity index (χ3n) is 4.36. The van der Waals surface area contributed by atoms with E-state index in [-0.39, 0.29) is 17.3 Å². The molecule has 1 saturated carbocycles. The van der Waals surface area contributed by atoms with Gasteiger partial charge in [-0.2, -0.15) is 0 Å². The van der Waals surface area contributed by atoms with Crippen LogP contribution in [0.2, 0.25) is 0 Å². The van der Waals surface area contributed by atoms with E-state index in [1.807, 2.05) is 12.1 Å². The smallest absolute Gasteiger partial charge is 0.137 e. The van der Waals surface area contributed by atoms with E-state index < -0.39 is 0 Å². The Bertz CT molecular complexity index is 463. The average molecular weight is 330 g/mol. The van der Waals surface area contributed by atoms with Gasteiger partial charge in [-0.15, -0.1) is 0 Å². The fraction of sp³-hybridized carbons (Fsp3) is 0.600. The SMILES string of the molecule is COC1CC(NC(C)c2ccc(F)c(Br)c2)C1(C)C. The van der Waals surface area contributed by atoms with E-state index in [4.69, 9.17) is 4.74 Å². The lowest BCUT2D eigenvalue weighted by molar-refractivity contribution is -0.0999. The second-order valence-electron chi connectivity index (χ2n) is 5.90. The maximum absolute atomic E-state index is 13.2. The Hall–Kier alpha value is -0.450. The van der Waals surface area contributed by atoms with E-state index in [0.717, 1.165) is 12.0 Å². The Balaban J connectivity index is 2.02. The molecule has 1 aliphatic carbocycles. The molecule has 4 heteroatoms. The quantitative estimate of drug-likeness (QED) is 0.899. The molecule has 0 aromatic heterocycles. The first-order valence-corrected chi connectivity index (χ1v) is 7.39. The van der Waals surface area contributed by atoms with Crippen molar-refractivity contribution >= 4 is 15.9 Å². The minimum Gasteiger partial charge on any atom is -0.381 e. The van der Waals surface area contributed by atoms with Crippen molar-refractivity contribution in [1.29, 1.82) is 0 Å². The monoisotopic (exact) mass is 329 g/mol. The molecule has 0 saturated heterocycles. The molecule has 106 valence electrons. The summed E-state index contributed by atoms with van der Waals surface area (Å²) in [7, 11) is 1.77. The lowest BCUT2D eigenvalue weighted by atomic mass is 9.64. The molecular formula is C15H21BrFNO. The van der Waals surface area contributed by atoms with E-state index in [2.05, 4.69) is 42.0 Å². The Morgan fingerprint density at radius 2 is 2.16 bits per heavy atom. The van der Waals surface area contributed by atoms with Gasteiger partial charge in [-0.25, -0.2) is 4.39 Å². The number of hydrogen-bond donors (Lipinski definition) is 1. The summed E-state index contributed by atoms with van der Waals surface area (Å²) in [6, 6.07) is 5.79. The number of methoxy groups -OCH3 is 1. The van der Waals surface area contributed by atoms with Crippen molar-refractivity contribution in [1.82, 2.24) is 5.32 Å². The topological polar surface area (TPSA) is 21.3 Å². The van der Waals surface area contributed by atoms with Crippen molar-refractivity contribution in [3.8, 4) is 0 Å². The van der Waals surface area contributed by atoms with Crippen molar-refractivity contribution in [3.63, 3.8) is 0 Å². The van der Waals surface area contributed by atoms with Crippen LogP contribution in [0.4, 0.5) is 4.39 Å². The maximum Gasteiger partial charge on any atom is 0.137 e. The molecule has 3 unspecified atom stereocenters. The van der Waals surface area contributed by atoms with Crippen molar-refractivity contribution in [2.75, 3.05) is 7.11 Å². The molecule has 1 aliphatic rings. The van der Waals surface area contributed by atoms with E-state index >= 15 is 0 Å². The van der Waals surface area contributed by atoms with Gasteiger partial charge < -0.3 is 10.1 Å². The Kier molecular flexibility index (Phi) is 4.33. The van der Waals surface area contributed by atoms with Crippen LogP contribution in [0.25, 0.3) is 0 Å². The number of nitrogens with one attached hydrogen (secondary N) is 1. The molecule has 0 spiro atoms.